The van der Waals surface area contributed by atoms with E-state index in [1.807, 2.05) is 6.92 Å². The number of aliphatic hydroxyl groups excluding tert-OH is 2. The first-order chi connectivity index (χ1) is 10.4. The Kier molecular flexibility index (Phi) is 3.56. The molecule has 0 saturated carbocycles. The maximum Gasteiger partial charge on any atom is 0.167 e. The number of nitrogen functional groups attached to an aromatic ring is 1. The van der Waals surface area contributed by atoms with Crippen molar-refractivity contribution in [3.8, 4) is 0 Å². The predicted octanol–water partition coefficient (Wildman–Crippen LogP) is -0.423. The van der Waals surface area contributed by atoms with Crippen LogP contribution < -0.4 is 5.73 Å². The molecule has 8 heteroatoms. The van der Waals surface area contributed by atoms with E-state index in [9.17, 15) is 15.3 Å². The number of nitrogens with zero attached hydrogens (tertiary/aromatic N) is 3. The maximum atomic E-state index is 10.6. The van der Waals surface area contributed by atoms with Crippen LogP contribution in [0.2, 0.25) is 0 Å². The molecule has 1 aliphatic heterocycles. The van der Waals surface area contributed by atoms with Gasteiger partial charge in [0.25, 0.3) is 0 Å². The smallest absolute Gasteiger partial charge is 0.167 e. The van der Waals surface area contributed by atoms with E-state index >= 15 is 0 Å². The van der Waals surface area contributed by atoms with E-state index in [0.717, 1.165) is 5.56 Å². The molecule has 0 bridgehead atoms. The van der Waals surface area contributed by atoms with E-state index in [-0.39, 0.29) is 6.61 Å². The van der Waals surface area contributed by atoms with Gasteiger partial charge in [-0.05, 0) is 18.9 Å². The Hall–Kier alpha value is -1.74. The highest BCUT2D eigenvalue weighted by molar-refractivity contribution is 5.89. The fourth-order valence-corrected chi connectivity index (χ4v) is 3.02. The van der Waals surface area contributed by atoms with Crippen molar-refractivity contribution in [3.63, 3.8) is 0 Å². The van der Waals surface area contributed by atoms with E-state index in [1.165, 1.54) is 13.3 Å². The second kappa shape index (κ2) is 5.17. The summed E-state index contributed by atoms with van der Waals surface area (Å²) in [4.78, 5) is 8.23. The molecule has 0 spiro atoms. The lowest BCUT2D eigenvalue weighted by Gasteiger charge is -2.27. The highest BCUT2D eigenvalue weighted by atomic mass is 16.6. The van der Waals surface area contributed by atoms with Gasteiger partial charge in [0.05, 0.1) is 12.0 Å². The molecule has 120 valence electrons. The van der Waals surface area contributed by atoms with Crippen LogP contribution in [0, 0.1) is 0 Å². The van der Waals surface area contributed by atoms with Gasteiger partial charge in [0.15, 0.2) is 6.23 Å². The number of hydrogen-bond acceptors (Lipinski definition) is 7. The van der Waals surface area contributed by atoms with Crippen molar-refractivity contribution < 1.29 is 20.1 Å². The summed E-state index contributed by atoms with van der Waals surface area (Å²) in [6, 6.07) is 0. The van der Waals surface area contributed by atoms with E-state index in [4.69, 9.17) is 10.5 Å². The lowest BCUT2D eigenvalue weighted by Crippen LogP contribution is -2.44. The SMILES string of the molecule is CCc1cn(C2OC(CO)C(O)C2(C)O)c2ncnc(N)c12. The molecule has 1 fully saturated rings. The normalized spacial score (nSPS) is 32.0. The van der Waals surface area contributed by atoms with Gasteiger partial charge in [0, 0.05) is 6.20 Å². The Balaban J connectivity index is 2.17. The third-order valence-corrected chi connectivity index (χ3v) is 4.29. The summed E-state index contributed by atoms with van der Waals surface area (Å²) in [5, 5.41) is 30.7. The molecule has 0 radical (unpaired) electrons. The molecule has 0 aromatic carbocycles. The molecule has 1 saturated heterocycles. The van der Waals surface area contributed by atoms with Gasteiger partial charge in [-0.1, -0.05) is 6.92 Å². The standard InChI is InChI=1S/C14H20N4O4/c1-3-7-4-18(12-9(7)11(15)16-6-17-12)13-14(2,21)10(20)8(5-19)22-13/h4,6,8,10,13,19-21H,3,5H2,1-2H3,(H2,15,16,17). The van der Waals surface area contributed by atoms with Gasteiger partial charge < -0.3 is 30.4 Å². The van der Waals surface area contributed by atoms with E-state index in [1.54, 1.807) is 10.8 Å². The summed E-state index contributed by atoms with van der Waals surface area (Å²) >= 11 is 0. The fraction of sp³-hybridized carbons (Fsp3) is 0.571. The number of rotatable bonds is 3. The second-order valence-electron chi connectivity index (χ2n) is 5.75. The largest absolute Gasteiger partial charge is 0.394 e. The van der Waals surface area contributed by atoms with Crippen LogP contribution in [-0.2, 0) is 11.2 Å². The van der Waals surface area contributed by atoms with Gasteiger partial charge in [0.1, 0.15) is 35.6 Å². The third kappa shape index (κ3) is 1.99. The zero-order valence-corrected chi connectivity index (χ0v) is 12.5. The first kappa shape index (κ1) is 15.2. The summed E-state index contributed by atoms with van der Waals surface area (Å²) in [6.07, 6.45) is 0.906. The fourth-order valence-electron chi connectivity index (χ4n) is 3.02. The zero-order valence-electron chi connectivity index (χ0n) is 12.5. The third-order valence-electron chi connectivity index (χ3n) is 4.29. The number of aliphatic hydroxyl groups is 3. The summed E-state index contributed by atoms with van der Waals surface area (Å²) in [6.45, 7) is 3.06. The molecule has 2 aromatic heterocycles. The number of fused-ring (bicyclic) bond motifs is 1. The first-order valence-corrected chi connectivity index (χ1v) is 7.18. The molecule has 1 aliphatic rings. The van der Waals surface area contributed by atoms with Gasteiger partial charge in [0.2, 0.25) is 0 Å². The van der Waals surface area contributed by atoms with Gasteiger partial charge >= 0.3 is 0 Å². The summed E-state index contributed by atoms with van der Waals surface area (Å²) < 4.78 is 7.29. The van der Waals surface area contributed by atoms with Crippen LogP contribution in [0.3, 0.4) is 0 Å². The van der Waals surface area contributed by atoms with Crippen LogP contribution in [0.25, 0.3) is 11.0 Å². The molecule has 4 unspecified atom stereocenters. The number of ether oxygens (including phenoxy) is 1. The number of aromatic nitrogens is 3. The van der Waals surface area contributed by atoms with Crippen molar-refractivity contribution in [1.29, 1.82) is 0 Å². The Morgan fingerprint density at radius 2 is 2.18 bits per heavy atom. The van der Waals surface area contributed by atoms with Crippen LogP contribution in [-0.4, -0.2) is 54.3 Å². The minimum Gasteiger partial charge on any atom is -0.394 e. The Labute approximate surface area is 127 Å². The van der Waals surface area contributed by atoms with Gasteiger partial charge in [-0.25, -0.2) is 9.97 Å². The van der Waals surface area contributed by atoms with Gasteiger partial charge in [-0.3, -0.25) is 0 Å². The zero-order chi connectivity index (χ0) is 16.1. The number of aryl methyl sites for hydroxylation is 1. The van der Waals surface area contributed by atoms with Gasteiger partial charge in [-0.15, -0.1) is 0 Å². The highest BCUT2D eigenvalue weighted by Crippen LogP contribution is 2.40. The number of anilines is 1. The number of nitrogens with two attached hydrogens (primary N) is 1. The molecular formula is C14H20N4O4. The summed E-state index contributed by atoms with van der Waals surface area (Å²) in [5.74, 6) is 0.359. The summed E-state index contributed by atoms with van der Waals surface area (Å²) in [7, 11) is 0. The van der Waals surface area contributed by atoms with Gasteiger partial charge in [-0.2, -0.15) is 0 Å². The van der Waals surface area contributed by atoms with Crippen LogP contribution in [0.15, 0.2) is 12.5 Å². The second-order valence-corrected chi connectivity index (χ2v) is 5.75. The van der Waals surface area contributed by atoms with Crippen LogP contribution in [0.5, 0.6) is 0 Å². The minimum atomic E-state index is -1.57. The van der Waals surface area contributed by atoms with Crippen molar-refractivity contribution in [3.05, 3.63) is 18.1 Å². The molecule has 0 aliphatic carbocycles. The van der Waals surface area contributed by atoms with E-state index < -0.39 is 24.0 Å². The minimum absolute atomic E-state index is 0.359. The van der Waals surface area contributed by atoms with Crippen molar-refractivity contribution in [1.82, 2.24) is 14.5 Å². The number of hydrogen-bond donors (Lipinski definition) is 4. The monoisotopic (exact) mass is 308 g/mol. The average Bonchev–Trinajstić information content (AvgIpc) is 2.97. The molecule has 8 nitrogen and oxygen atoms in total. The molecule has 0 amide bonds. The molecule has 4 atom stereocenters. The Morgan fingerprint density at radius 1 is 1.45 bits per heavy atom. The lowest BCUT2D eigenvalue weighted by atomic mass is 9.96. The van der Waals surface area contributed by atoms with E-state index in [0.29, 0.717) is 23.3 Å². The highest BCUT2D eigenvalue weighted by Gasteiger charge is 2.53. The van der Waals surface area contributed by atoms with Crippen molar-refractivity contribution in [2.24, 2.45) is 0 Å². The lowest BCUT2D eigenvalue weighted by molar-refractivity contribution is -0.0948. The predicted molar refractivity (Wildman–Crippen MR) is 78.9 cm³/mol. The molecule has 22 heavy (non-hydrogen) atoms. The van der Waals surface area contributed by atoms with Crippen molar-refractivity contribution in [2.45, 2.75) is 44.3 Å². The molecule has 5 N–H and O–H groups in total. The van der Waals surface area contributed by atoms with E-state index in [2.05, 4.69) is 9.97 Å². The van der Waals surface area contributed by atoms with Crippen molar-refractivity contribution >= 4 is 16.9 Å². The molecular weight excluding hydrogens is 288 g/mol. The quantitative estimate of drug-likeness (QED) is 0.606. The summed E-state index contributed by atoms with van der Waals surface area (Å²) in [5.41, 5.74) is 5.82. The van der Waals surface area contributed by atoms with Crippen molar-refractivity contribution in [2.75, 3.05) is 12.3 Å². The van der Waals surface area contributed by atoms with Crippen LogP contribution in [0.4, 0.5) is 5.82 Å². The Morgan fingerprint density at radius 3 is 2.77 bits per heavy atom. The molecule has 2 aromatic rings. The molecule has 3 rings (SSSR count). The van der Waals surface area contributed by atoms with Crippen LogP contribution in [0.1, 0.15) is 25.6 Å². The molecule has 3 heterocycles. The first-order valence-electron chi connectivity index (χ1n) is 7.18. The van der Waals surface area contributed by atoms with Crippen LogP contribution >= 0.6 is 0 Å². The Bertz CT molecular complexity index is 699. The average molecular weight is 308 g/mol. The topological polar surface area (TPSA) is 127 Å². The maximum absolute atomic E-state index is 10.6.